The van der Waals surface area contributed by atoms with Crippen LogP contribution in [-0.2, 0) is 0 Å². The fraction of sp³-hybridized carbons (Fsp3) is 0.214. The summed E-state index contributed by atoms with van der Waals surface area (Å²) in [6, 6.07) is 8.44. The van der Waals surface area contributed by atoms with Crippen LogP contribution in [-0.4, -0.2) is 22.0 Å². The van der Waals surface area contributed by atoms with Crippen LogP contribution in [0.4, 0.5) is 5.95 Å². The van der Waals surface area contributed by atoms with Gasteiger partial charge in [0.25, 0.3) is 5.91 Å². The Hall–Kier alpha value is -2.14. The van der Waals surface area contributed by atoms with Gasteiger partial charge in [-0.2, -0.15) is 0 Å². The Morgan fingerprint density at radius 2 is 2.15 bits per heavy atom. The monoisotopic (exact) mass is 291 g/mol. The van der Waals surface area contributed by atoms with Crippen LogP contribution in [0.1, 0.15) is 24.2 Å². The zero-order chi connectivity index (χ0) is 14.5. The van der Waals surface area contributed by atoms with Crippen LogP contribution in [0.3, 0.4) is 0 Å². The third kappa shape index (κ3) is 3.93. The number of anilines is 1. The van der Waals surface area contributed by atoms with E-state index in [0.29, 0.717) is 11.3 Å². The van der Waals surface area contributed by atoms with Gasteiger partial charge in [-0.25, -0.2) is 9.97 Å². The number of carbonyl (C=O) groups is 1. The molecular formula is C14H14ClN3O2. The summed E-state index contributed by atoms with van der Waals surface area (Å²) in [4.78, 5) is 19.9. The van der Waals surface area contributed by atoms with Crippen molar-refractivity contribution < 1.29 is 9.53 Å². The van der Waals surface area contributed by atoms with E-state index in [0.717, 1.165) is 0 Å². The van der Waals surface area contributed by atoms with Crippen LogP contribution < -0.4 is 10.1 Å². The molecule has 0 spiro atoms. The SMILES string of the molecule is CC(C)Oc1cccc(C(=O)Nc2nccc(Cl)n2)c1. The summed E-state index contributed by atoms with van der Waals surface area (Å²) >= 11 is 5.73. The number of aromatic nitrogens is 2. The lowest BCUT2D eigenvalue weighted by atomic mass is 10.2. The average molecular weight is 292 g/mol. The summed E-state index contributed by atoms with van der Waals surface area (Å²) in [5.74, 6) is 0.485. The Kier molecular flexibility index (Phi) is 4.53. The number of rotatable bonds is 4. The van der Waals surface area contributed by atoms with Crippen LogP contribution in [0.5, 0.6) is 5.75 Å². The molecule has 0 fully saturated rings. The predicted octanol–water partition coefficient (Wildman–Crippen LogP) is 3.17. The fourth-order valence-corrected chi connectivity index (χ4v) is 1.69. The molecule has 0 aliphatic heterocycles. The zero-order valence-corrected chi connectivity index (χ0v) is 11.9. The highest BCUT2D eigenvalue weighted by Crippen LogP contribution is 2.16. The van der Waals surface area contributed by atoms with E-state index in [4.69, 9.17) is 16.3 Å². The molecule has 0 saturated heterocycles. The molecule has 2 aromatic rings. The van der Waals surface area contributed by atoms with E-state index in [9.17, 15) is 4.79 Å². The van der Waals surface area contributed by atoms with Crippen molar-refractivity contribution in [1.29, 1.82) is 0 Å². The smallest absolute Gasteiger partial charge is 0.258 e. The second-order valence-electron chi connectivity index (χ2n) is 4.35. The van der Waals surface area contributed by atoms with E-state index >= 15 is 0 Å². The van der Waals surface area contributed by atoms with Crippen LogP contribution in [0.15, 0.2) is 36.5 Å². The van der Waals surface area contributed by atoms with Crippen molar-refractivity contribution in [2.24, 2.45) is 0 Å². The van der Waals surface area contributed by atoms with E-state index in [-0.39, 0.29) is 23.1 Å². The third-order valence-electron chi connectivity index (χ3n) is 2.31. The molecule has 0 saturated carbocycles. The Morgan fingerprint density at radius 1 is 1.35 bits per heavy atom. The maximum absolute atomic E-state index is 12.1. The highest BCUT2D eigenvalue weighted by atomic mass is 35.5. The lowest BCUT2D eigenvalue weighted by molar-refractivity contribution is 0.102. The fourth-order valence-electron chi connectivity index (χ4n) is 1.55. The normalized spacial score (nSPS) is 10.4. The van der Waals surface area contributed by atoms with Gasteiger partial charge in [0.2, 0.25) is 5.95 Å². The van der Waals surface area contributed by atoms with Gasteiger partial charge in [0.05, 0.1) is 6.10 Å². The Morgan fingerprint density at radius 3 is 2.85 bits per heavy atom. The van der Waals surface area contributed by atoms with Crippen LogP contribution in [0.2, 0.25) is 5.15 Å². The summed E-state index contributed by atoms with van der Waals surface area (Å²) < 4.78 is 5.54. The van der Waals surface area contributed by atoms with Crippen LogP contribution in [0, 0.1) is 0 Å². The molecule has 1 aromatic carbocycles. The van der Waals surface area contributed by atoms with Crippen molar-refractivity contribution in [3.63, 3.8) is 0 Å². The van der Waals surface area contributed by atoms with E-state index in [1.807, 2.05) is 13.8 Å². The van der Waals surface area contributed by atoms with Crippen molar-refractivity contribution in [2.75, 3.05) is 5.32 Å². The molecule has 0 atom stereocenters. The van der Waals surface area contributed by atoms with Crippen molar-refractivity contribution in [3.8, 4) is 5.75 Å². The first kappa shape index (κ1) is 14.3. The number of carbonyl (C=O) groups excluding carboxylic acids is 1. The van der Waals surface area contributed by atoms with Gasteiger partial charge in [-0.05, 0) is 38.1 Å². The van der Waals surface area contributed by atoms with Gasteiger partial charge in [0, 0.05) is 11.8 Å². The van der Waals surface area contributed by atoms with E-state index in [2.05, 4.69) is 15.3 Å². The first-order chi connectivity index (χ1) is 9.54. The number of halogens is 1. The lowest BCUT2D eigenvalue weighted by Gasteiger charge is -2.10. The van der Waals surface area contributed by atoms with Gasteiger partial charge in [-0.15, -0.1) is 0 Å². The molecule has 20 heavy (non-hydrogen) atoms. The summed E-state index contributed by atoms with van der Waals surface area (Å²) in [7, 11) is 0. The number of hydrogen-bond donors (Lipinski definition) is 1. The molecule has 2 rings (SSSR count). The van der Waals surface area contributed by atoms with Crippen molar-refractivity contribution in [3.05, 3.63) is 47.2 Å². The molecule has 1 aromatic heterocycles. The minimum atomic E-state index is -0.318. The number of ether oxygens (including phenoxy) is 1. The molecule has 0 aliphatic rings. The van der Waals surface area contributed by atoms with Crippen LogP contribution >= 0.6 is 11.6 Å². The predicted molar refractivity (Wildman–Crippen MR) is 77.2 cm³/mol. The van der Waals surface area contributed by atoms with E-state index in [1.54, 1.807) is 24.3 Å². The van der Waals surface area contributed by atoms with Gasteiger partial charge in [-0.1, -0.05) is 17.7 Å². The summed E-state index contributed by atoms with van der Waals surface area (Å²) in [5, 5.41) is 2.85. The highest BCUT2D eigenvalue weighted by molar-refractivity contribution is 6.29. The lowest BCUT2D eigenvalue weighted by Crippen LogP contribution is -2.14. The second-order valence-corrected chi connectivity index (χ2v) is 4.74. The number of nitrogens with one attached hydrogen (secondary N) is 1. The number of benzene rings is 1. The average Bonchev–Trinajstić information content (AvgIpc) is 2.38. The quantitative estimate of drug-likeness (QED) is 0.879. The van der Waals surface area contributed by atoms with Gasteiger partial charge < -0.3 is 4.74 Å². The minimum Gasteiger partial charge on any atom is -0.491 e. The molecule has 0 bridgehead atoms. The maximum atomic E-state index is 12.1. The van der Waals surface area contributed by atoms with Gasteiger partial charge >= 0.3 is 0 Å². The first-order valence-electron chi connectivity index (χ1n) is 6.11. The van der Waals surface area contributed by atoms with Gasteiger partial charge in [0.1, 0.15) is 10.9 Å². The van der Waals surface area contributed by atoms with Crippen molar-refractivity contribution in [1.82, 2.24) is 9.97 Å². The van der Waals surface area contributed by atoms with E-state index in [1.165, 1.54) is 12.3 Å². The van der Waals surface area contributed by atoms with Gasteiger partial charge in [-0.3, -0.25) is 10.1 Å². The summed E-state index contributed by atoms with van der Waals surface area (Å²) in [6.45, 7) is 3.85. The van der Waals surface area contributed by atoms with Crippen molar-refractivity contribution in [2.45, 2.75) is 20.0 Å². The Bertz CT molecular complexity index is 617. The Balaban J connectivity index is 2.13. The summed E-state index contributed by atoms with van der Waals surface area (Å²) in [6.07, 6.45) is 1.52. The number of nitrogens with zero attached hydrogens (tertiary/aromatic N) is 2. The van der Waals surface area contributed by atoms with Crippen LogP contribution in [0.25, 0.3) is 0 Å². The number of hydrogen-bond acceptors (Lipinski definition) is 4. The molecule has 1 N–H and O–H groups in total. The molecule has 5 nitrogen and oxygen atoms in total. The molecule has 1 heterocycles. The molecule has 6 heteroatoms. The standard InChI is InChI=1S/C14H14ClN3O2/c1-9(2)20-11-5-3-4-10(8-11)13(19)18-14-16-7-6-12(15)17-14/h3-9H,1-2H3,(H,16,17,18,19). The topological polar surface area (TPSA) is 64.1 Å². The first-order valence-corrected chi connectivity index (χ1v) is 6.49. The molecule has 0 unspecified atom stereocenters. The molecule has 104 valence electrons. The number of amides is 1. The van der Waals surface area contributed by atoms with E-state index < -0.39 is 0 Å². The Labute approximate surface area is 122 Å². The van der Waals surface area contributed by atoms with Crippen molar-refractivity contribution >= 4 is 23.5 Å². The maximum Gasteiger partial charge on any atom is 0.258 e. The molecule has 0 aliphatic carbocycles. The highest BCUT2D eigenvalue weighted by Gasteiger charge is 2.09. The van der Waals surface area contributed by atoms with Gasteiger partial charge in [0.15, 0.2) is 0 Å². The summed E-state index contributed by atoms with van der Waals surface area (Å²) in [5.41, 5.74) is 0.465. The minimum absolute atomic E-state index is 0.0459. The third-order valence-corrected chi connectivity index (χ3v) is 2.53. The second kappa shape index (κ2) is 6.34. The zero-order valence-electron chi connectivity index (χ0n) is 11.1. The largest absolute Gasteiger partial charge is 0.491 e. The molecule has 1 amide bonds. The molecule has 0 radical (unpaired) electrons. The molecular weight excluding hydrogens is 278 g/mol.